The van der Waals surface area contributed by atoms with Crippen molar-refractivity contribution < 1.29 is 8.42 Å². The van der Waals surface area contributed by atoms with Crippen LogP contribution in [0, 0.1) is 5.41 Å². The van der Waals surface area contributed by atoms with Gasteiger partial charge in [-0.25, -0.2) is 18.1 Å². The summed E-state index contributed by atoms with van der Waals surface area (Å²) in [7, 11) is 0.0862. The Morgan fingerprint density at radius 3 is 2.50 bits per heavy atom. The average Bonchev–Trinajstić information content (AvgIpc) is 2.72. The number of nitrogens with zero attached hydrogens (tertiary/aromatic N) is 3. The lowest BCUT2D eigenvalue weighted by Gasteiger charge is -2.37. The highest BCUT2D eigenvalue weighted by Crippen LogP contribution is 2.30. The number of anilines is 1. The van der Waals surface area contributed by atoms with Crippen molar-refractivity contribution in [3.63, 3.8) is 0 Å². The molecule has 1 fully saturated rings. The van der Waals surface area contributed by atoms with Crippen molar-refractivity contribution in [2.45, 2.75) is 24.8 Å². The Balaban J connectivity index is 2.07. The predicted molar refractivity (Wildman–Crippen MR) is 77.6 cm³/mol. The molecule has 0 bridgehead atoms. The second kappa shape index (κ2) is 5.34. The monoisotopic (exact) mass is 301 g/mol. The zero-order chi connectivity index (χ0) is 15.0. The van der Waals surface area contributed by atoms with E-state index in [0.29, 0.717) is 6.54 Å². The molecule has 1 aliphatic rings. The molecule has 2 heterocycles. The lowest BCUT2D eigenvalue weighted by atomic mass is 9.81. The first-order chi connectivity index (χ1) is 9.23. The molecule has 20 heavy (non-hydrogen) atoms. The smallest absolute Gasteiger partial charge is 0.260 e. The zero-order valence-corrected chi connectivity index (χ0v) is 13.1. The molecule has 0 atom stereocenters. The first-order valence-electron chi connectivity index (χ1n) is 6.68. The summed E-state index contributed by atoms with van der Waals surface area (Å²) in [6, 6.07) is 0. The van der Waals surface area contributed by atoms with E-state index in [4.69, 9.17) is 5.73 Å². The normalized spacial score (nSPS) is 20.1. The molecule has 2 rings (SSSR count). The van der Waals surface area contributed by atoms with Gasteiger partial charge >= 0.3 is 0 Å². The molecule has 8 heteroatoms. The van der Waals surface area contributed by atoms with Crippen molar-refractivity contribution in [2.24, 2.45) is 12.5 Å². The van der Waals surface area contributed by atoms with Gasteiger partial charge in [0.2, 0.25) is 0 Å². The van der Waals surface area contributed by atoms with Gasteiger partial charge in [0.1, 0.15) is 0 Å². The van der Waals surface area contributed by atoms with Gasteiger partial charge in [0, 0.05) is 13.6 Å². The largest absolute Gasteiger partial charge is 0.381 e. The highest BCUT2D eigenvalue weighted by Gasteiger charge is 2.31. The number of likely N-dealkylation sites (tertiary alicyclic amines) is 1. The molecule has 0 unspecified atom stereocenters. The Morgan fingerprint density at radius 2 is 2.00 bits per heavy atom. The van der Waals surface area contributed by atoms with E-state index in [-0.39, 0.29) is 16.3 Å². The fourth-order valence-electron chi connectivity index (χ4n) is 2.44. The molecule has 0 amide bonds. The lowest BCUT2D eigenvalue weighted by molar-refractivity contribution is 0.143. The zero-order valence-electron chi connectivity index (χ0n) is 12.3. The van der Waals surface area contributed by atoms with Crippen molar-refractivity contribution >= 4 is 15.8 Å². The topological polar surface area (TPSA) is 93.2 Å². The molecule has 0 aliphatic carbocycles. The van der Waals surface area contributed by atoms with Crippen LogP contribution < -0.4 is 10.5 Å². The van der Waals surface area contributed by atoms with Crippen molar-refractivity contribution in [3.05, 3.63) is 6.33 Å². The molecule has 1 saturated heterocycles. The molecule has 0 radical (unpaired) electrons. The average molecular weight is 301 g/mol. The number of nitrogens with two attached hydrogens (primary N) is 1. The Hall–Kier alpha value is -1.12. The molecule has 1 aromatic heterocycles. The van der Waals surface area contributed by atoms with E-state index < -0.39 is 10.0 Å². The number of aromatic nitrogens is 2. The van der Waals surface area contributed by atoms with Crippen LogP contribution in [0.15, 0.2) is 11.4 Å². The van der Waals surface area contributed by atoms with Gasteiger partial charge in [-0.1, -0.05) is 6.92 Å². The van der Waals surface area contributed by atoms with Crippen LogP contribution in [-0.2, 0) is 17.1 Å². The van der Waals surface area contributed by atoms with Crippen LogP contribution in [-0.4, -0.2) is 49.6 Å². The van der Waals surface area contributed by atoms with Crippen LogP contribution in [0.2, 0.25) is 0 Å². The summed E-state index contributed by atoms with van der Waals surface area (Å²) in [5, 5.41) is 0.0361. The highest BCUT2D eigenvalue weighted by molar-refractivity contribution is 7.89. The van der Waals surface area contributed by atoms with E-state index in [1.54, 1.807) is 7.05 Å². The minimum Gasteiger partial charge on any atom is -0.381 e. The molecule has 114 valence electrons. The first kappa shape index (κ1) is 15.3. The van der Waals surface area contributed by atoms with Crippen LogP contribution in [0.1, 0.15) is 19.8 Å². The van der Waals surface area contributed by atoms with E-state index in [1.807, 2.05) is 0 Å². The van der Waals surface area contributed by atoms with Crippen molar-refractivity contribution in [3.8, 4) is 0 Å². The fraction of sp³-hybridized carbons (Fsp3) is 0.750. The summed E-state index contributed by atoms with van der Waals surface area (Å²) < 4.78 is 28.7. The van der Waals surface area contributed by atoms with E-state index >= 15 is 0 Å². The van der Waals surface area contributed by atoms with Crippen LogP contribution in [0.3, 0.4) is 0 Å². The summed E-state index contributed by atoms with van der Waals surface area (Å²) in [6.45, 7) is 4.53. The maximum Gasteiger partial charge on any atom is 0.260 e. The third-order valence-corrected chi connectivity index (χ3v) is 5.58. The van der Waals surface area contributed by atoms with Crippen molar-refractivity contribution in [1.82, 2.24) is 19.2 Å². The van der Waals surface area contributed by atoms with E-state index in [9.17, 15) is 8.42 Å². The quantitative estimate of drug-likeness (QED) is 0.817. The van der Waals surface area contributed by atoms with Gasteiger partial charge in [-0.15, -0.1) is 0 Å². The van der Waals surface area contributed by atoms with Gasteiger partial charge in [0.05, 0.1) is 6.33 Å². The van der Waals surface area contributed by atoms with E-state index in [0.717, 1.165) is 25.9 Å². The van der Waals surface area contributed by atoms with Gasteiger partial charge < -0.3 is 15.2 Å². The first-order valence-corrected chi connectivity index (χ1v) is 8.17. The maximum absolute atomic E-state index is 12.3. The third kappa shape index (κ3) is 3.13. The second-order valence-corrected chi connectivity index (χ2v) is 7.67. The van der Waals surface area contributed by atoms with Crippen LogP contribution in [0.5, 0.6) is 0 Å². The van der Waals surface area contributed by atoms with Gasteiger partial charge in [0.15, 0.2) is 10.8 Å². The summed E-state index contributed by atoms with van der Waals surface area (Å²) in [5.41, 5.74) is 5.62. The van der Waals surface area contributed by atoms with Gasteiger partial charge in [-0.2, -0.15) is 0 Å². The summed E-state index contributed by atoms with van der Waals surface area (Å²) in [5.74, 6) is 0.0357. The molecule has 1 aromatic rings. The summed E-state index contributed by atoms with van der Waals surface area (Å²) in [4.78, 5) is 6.08. The van der Waals surface area contributed by atoms with Crippen LogP contribution >= 0.6 is 0 Å². The molecule has 1 aliphatic heterocycles. The molecule has 7 nitrogen and oxygen atoms in total. The molecular formula is C12H23N5O2S. The van der Waals surface area contributed by atoms with Crippen LogP contribution in [0.4, 0.5) is 5.82 Å². The van der Waals surface area contributed by atoms with Crippen molar-refractivity contribution in [2.75, 3.05) is 32.4 Å². The number of aryl methyl sites for hydroxylation is 1. The Bertz CT molecular complexity index is 553. The lowest BCUT2D eigenvalue weighted by Crippen LogP contribution is -2.43. The van der Waals surface area contributed by atoms with Gasteiger partial charge in [-0.3, -0.25) is 0 Å². The predicted octanol–water partition coefficient (Wildman–Crippen LogP) is 0.0125. The summed E-state index contributed by atoms with van der Waals surface area (Å²) >= 11 is 0. The number of nitrogen functional groups attached to an aromatic ring is 1. The van der Waals surface area contributed by atoms with E-state index in [1.165, 1.54) is 10.9 Å². The minimum atomic E-state index is -3.62. The van der Waals surface area contributed by atoms with Crippen molar-refractivity contribution in [1.29, 1.82) is 0 Å². The highest BCUT2D eigenvalue weighted by atomic mass is 32.2. The SMILES string of the molecule is CN1CCC(C)(CNS(=O)(=O)c2c(N)ncn2C)CC1. The minimum absolute atomic E-state index is 0.00701. The number of hydrogen-bond donors (Lipinski definition) is 2. The van der Waals surface area contributed by atoms with Gasteiger partial charge in [0.25, 0.3) is 10.0 Å². The number of rotatable bonds is 4. The number of sulfonamides is 1. The summed E-state index contributed by atoms with van der Waals surface area (Å²) in [6.07, 6.45) is 3.36. The number of hydrogen-bond acceptors (Lipinski definition) is 5. The fourth-order valence-corrected chi connectivity index (χ4v) is 3.87. The number of piperidine rings is 1. The molecule has 0 spiro atoms. The number of imidazole rings is 1. The molecule has 3 N–H and O–H groups in total. The maximum atomic E-state index is 12.3. The Kier molecular flexibility index (Phi) is 4.08. The Morgan fingerprint density at radius 1 is 1.40 bits per heavy atom. The molecule has 0 aromatic carbocycles. The standard InChI is InChI=1S/C12H23N5O2S/c1-12(4-6-16(2)7-5-12)8-15-20(18,19)11-10(13)14-9-17(11)3/h9,15H,4-8,13H2,1-3H3. The molecule has 0 saturated carbocycles. The van der Waals surface area contributed by atoms with Gasteiger partial charge in [-0.05, 0) is 38.4 Å². The Labute approximate surface area is 120 Å². The van der Waals surface area contributed by atoms with E-state index in [2.05, 4.69) is 28.6 Å². The third-order valence-electron chi connectivity index (χ3n) is 4.05. The number of nitrogens with one attached hydrogen (secondary N) is 1. The second-order valence-electron chi connectivity index (χ2n) is 5.98. The van der Waals surface area contributed by atoms with Crippen LogP contribution in [0.25, 0.3) is 0 Å². The molecular weight excluding hydrogens is 278 g/mol.